The van der Waals surface area contributed by atoms with Crippen LogP contribution in [0.5, 0.6) is 0 Å². The lowest BCUT2D eigenvalue weighted by atomic mass is 10.1. The zero-order valence-corrected chi connectivity index (χ0v) is 12.2. The fourth-order valence-corrected chi connectivity index (χ4v) is 3.35. The van der Waals surface area contributed by atoms with Crippen LogP contribution in [-0.2, 0) is 16.6 Å². The Morgan fingerprint density at radius 2 is 2.00 bits per heavy atom. The Bertz CT molecular complexity index is 727. The molecule has 1 heterocycles. The van der Waals surface area contributed by atoms with Crippen molar-refractivity contribution in [1.29, 1.82) is 0 Å². The molecule has 0 aliphatic heterocycles. The Kier molecular flexibility index (Phi) is 4.06. The number of nitrogens with zero attached hydrogens (tertiary/aromatic N) is 1. The van der Waals surface area contributed by atoms with Crippen LogP contribution in [0.25, 0.3) is 0 Å². The van der Waals surface area contributed by atoms with Crippen LogP contribution in [0.3, 0.4) is 0 Å². The summed E-state index contributed by atoms with van der Waals surface area (Å²) in [6, 6.07) is 6.84. The molecule has 0 amide bonds. The van der Waals surface area contributed by atoms with Gasteiger partial charge in [0.1, 0.15) is 0 Å². The topological polar surface area (TPSA) is 85.1 Å². The van der Waals surface area contributed by atoms with Gasteiger partial charge >= 0.3 is 0 Å². The van der Waals surface area contributed by atoms with Crippen LogP contribution >= 0.6 is 0 Å². The van der Waals surface area contributed by atoms with Gasteiger partial charge in [0.2, 0.25) is 0 Å². The molecule has 2 rings (SSSR count). The predicted molar refractivity (Wildman–Crippen MR) is 78.9 cm³/mol. The van der Waals surface area contributed by atoms with Crippen molar-refractivity contribution in [3.8, 4) is 0 Å². The molecule has 1 aromatic heterocycles. The van der Waals surface area contributed by atoms with Crippen molar-refractivity contribution in [1.82, 2.24) is 4.98 Å². The lowest BCUT2D eigenvalue weighted by Crippen LogP contribution is -2.16. The largest absolute Gasteiger partial charge is 0.326 e. The molecule has 6 heteroatoms. The van der Waals surface area contributed by atoms with Crippen LogP contribution in [0.4, 0.5) is 5.69 Å². The van der Waals surface area contributed by atoms with Crippen LogP contribution in [0.2, 0.25) is 0 Å². The predicted octanol–water partition coefficient (Wildman–Crippen LogP) is 1.96. The number of hydrogen-bond donors (Lipinski definition) is 2. The zero-order chi connectivity index (χ0) is 14.8. The normalized spacial score (nSPS) is 11.3. The van der Waals surface area contributed by atoms with E-state index >= 15 is 0 Å². The number of pyridine rings is 1. The summed E-state index contributed by atoms with van der Waals surface area (Å²) in [5, 5.41) is 0. The molecule has 0 aliphatic rings. The summed E-state index contributed by atoms with van der Waals surface area (Å²) in [5.74, 6) is 0. The second-order valence-electron chi connectivity index (χ2n) is 4.54. The highest BCUT2D eigenvalue weighted by atomic mass is 32.2. The quantitative estimate of drug-likeness (QED) is 0.901. The van der Waals surface area contributed by atoms with E-state index in [1.54, 1.807) is 31.3 Å². The van der Waals surface area contributed by atoms with Gasteiger partial charge in [-0.3, -0.25) is 9.71 Å². The summed E-state index contributed by atoms with van der Waals surface area (Å²) in [6.07, 6.45) is 3.11. The van der Waals surface area contributed by atoms with E-state index in [2.05, 4.69) is 9.71 Å². The van der Waals surface area contributed by atoms with Gasteiger partial charge in [-0.05, 0) is 42.7 Å². The number of sulfonamides is 1. The van der Waals surface area contributed by atoms with E-state index in [1.807, 2.05) is 13.0 Å². The zero-order valence-electron chi connectivity index (χ0n) is 11.4. The first-order chi connectivity index (χ1) is 9.45. The first kappa shape index (κ1) is 14.5. The Hall–Kier alpha value is -1.92. The average Bonchev–Trinajstić information content (AvgIpc) is 2.41. The standard InChI is InChI=1S/C14H17N3O2S/c1-10-6-7-16-9-13(10)17-20(18,19)14-5-3-4-12(8-15)11(14)2/h3-7,9,17H,8,15H2,1-2H3. The van der Waals surface area contributed by atoms with Gasteiger partial charge in [-0.1, -0.05) is 12.1 Å². The van der Waals surface area contributed by atoms with Crippen LogP contribution in [-0.4, -0.2) is 13.4 Å². The summed E-state index contributed by atoms with van der Waals surface area (Å²) in [7, 11) is -3.64. The first-order valence-electron chi connectivity index (χ1n) is 6.17. The molecule has 3 N–H and O–H groups in total. The maximum Gasteiger partial charge on any atom is 0.262 e. The Labute approximate surface area is 118 Å². The van der Waals surface area contributed by atoms with Crippen LogP contribution < -0.4 is 10.5 Å². The van der Waals surface area contributed by atoms with Crippen LogP contribution in [0.15, 0.2) is 41.6 Å². The Morgan fingerprint density at radius 3 is 2.65 bits per heavy atom. The molecule has 0 spiro atoms. The maximum atomic E-state index is 12.5. The molecular weight excluding hydrogens is 274 g/mol. The number of anilines is 1. The number of hydrogen-bond acceptors (Lipinski definition) is 4. The van der Waals surface area contributed by atoms with E-state index in [0.717, 1.165) is 11.1 Å². The summed E-state index contributed by atoms with van der Waals surface area (Å²) in [5.41, 5.74) is 8.39. The fourth-order valence-electron chi connectivity index (χ4n) is 1.94. The lowest BCUT2D eigenvalue weighted by molar-refractivity contribution is 0.600. The minimum absolute atomic E-state index is 0.240. The fraction of sp³-hybridized carbons (Fsp3) is 0.214. The molecule has 0 bridgehead atoms. The average molecular weight is 291 g/mol. The van der Waals surface area contributed by atoms with Crippen LogP contribution in [0, 0.1) is 13.8 Å². The van der Waals surface area contributed by atoms with Crippen molar-refractivity contribution in [3.63, 3.8) is 0 Å². The van der Waals surface area contributed by atoms with E-state index in [1.165, 1.54) is 6.20 Å². The smallest absolute Gasteiger partial charge is 0.262 e. The van der Waals surface area contributed by atoms with Crippen molar-refractivity contribution >= 4 is 15.7 Å². The maximum absolute atomic E-state index is 12.5. The molecule has 1 aromatic carbocycles. The van der Waals surface area contributed by atoms with Gasteiger partial charge in [0.15, 0.2) is 0 Å². The summed E-state index contributed by atoms with van der Waals surface area (Å²) in [4.78, 5) is 4.17. The first-order valence-corrected chi connectivity index (χ1v) is 7.66. The molecule has 20 heavy (non-hydrogen) atoms. The molecule has 0 atom stereocenters. The number of aryl methyl sites for hydroxylation is 1. The van der Waals surface area contributed by atoms with Gasteiger partial charge < -0.3 is 5.73 Å². The van der Waals surface area contributed by atoms with Gasteiger partial charge in [-0.25, -0.2) is 8.42 Å². The number of nitrogens with two attached hydrogens (primary N) is 1. The third-order valence-corrected chi connectivity index (χ3v) is 4.70. The summed E-state index contributed by atoms with van der Waals surface area (Å²) < 4.78 is 27.5. The second-order valence-corrected chi connectivity index (χ2v) is 6.19. The van der Waals surface area contributed by atoms with Gasteiger partial charge in [-0.15, -0.1) is 0 Å². The molecule has 0 unspecified atom stereocenters. The second kappa shape index (κ2) is 5.60. The third-order valence-electron chi connectivity index (χ3n) is 3.19. The molecule has 2 aromatic rings. The molecule has 5 nitrogen and oxygen atoms in total. The van der Waals surface area contributed by atoms with E-state index < -0.39 is 10.0 Å². The lowest BCUT2D eigenvalue weighted by Gasteiger charge is -2.13. The molecule has 106 valence electrons. The Balaban J connectivity index is 2.44. The highest BCUT2D eigenvalue weighted by Crippen LogP contribution is 2.22. The highest BCUT2D eigenvalue weighted by molar-refractivity contribution is 7.92. The molecule has 0 saturated heterocycles. The van der Waals surface area contributed by atoms with E-state index in [0.29, 0.717) is 17.8 Å². The molecule has 0 saturated carbocycles. The number of rotatable bonds is 4. The van der Waals surface area contributed by atoms with Gasteiger partial charge in [-0.2, -0.15) is 0 Å². The molecule has 0 fully saturated rings. The van der Waals surface area contributed by atoms with Crippen molar-refractivity contribution in [2.45, 2.75) is 25.3 Å². The van der Waals surface area contributed by atoms with Gasteiger partial charge in [0, 0.05) is 12.7 Å². The number of aromatic nitrogens is 1. The molecule has 0 aliphatic carbocycles. The Morgan fingerprint density at radius 1 is 1.25 bits per heavy atom. The van der Waals surface area contributed by atoms with E-state index in [-0.39, 0.29) is 4.90 Å². The number of benzene rings is 1. The highest BCUT2D eigenvalue weighted by Gasteiger charge is 2.18. The summed E-state index contributed by atoms with van der Waals surface area (Å²) >= 11 is 0. The van der Waals surface area contributed by atoms with Crippen molar-refractivity contribution in [2.75, 3.05) is 4.72 Å². The van der Waals surface area contributed by atoms with Crippen molar-refractivity contribution in [3.05, 3.63) is 53.3 Å². The van der Waals surface area contributed by atoms with Crippen LogP contribution in [0.1, 0.15) is 16.7 Å². The molecular formula is C14H17N3O2S. The summed E-state index contributed by atoms with van der Waals surface area (Å²) in [6.45, 7) is 3.89. The van der Waals surface area contributed by atoms with E-state index in [9.17, 15) is 8.42 Å². The van der Waals surface area contributed by atoms with Crippen molar-refractivity contribution in [2.24, 2.45) is 5.73 Å². The van der Waals surface area contributed by atoms with E-state index in [4.69, 9.17) is 5.73 Å². The third kappa shape index (κ3) is 2.81. The number of nitrogens with one attached hydrogen (secondary N) is 1. The minimum atomic E-state index is -3.64. The van der Waals surface area contributed by atoms with Crippen molar-refractivity contribution < 1.29 is 8.42 Å². The SMILES string of the molecule is Cc1ccncc1NS(=O)(=O)c1cccc(CN)c1C. The van der Waals surface area contributed by atoms with Gasteiger partial charge in [0.05, 0.1) is 16.8 Å². The monoisotopic (exact) mass is 291 g/mol. The molecule has 0 radical (unpaired) electrons. The van der Waals surface area contributed by atoms with Gasteiger partial charge in [0.25, 0.3) is 10.0 Å². The minimum Gasteiger partial charge on any atom is -0.326 e.